The molecule has 0 aromatic heterocycles. The average Bonchev–Trinajstić information content (AvgIpc) is 2.51. The zero-order valence-corrected chi connectivity index (χ0v) is 12.9. The van der Waals surface area contributed by atoms with Crippen LogP contribution in [0.5, 0.6) is 0 Å². The van der Waals surface area contributed by atoms with E-state index in [2.05, 4.69) is 12.2 Å². The minimum Gasteiger partial charge on any atom is -0.400 e. The second-order valence-corrected chi connectivity index (χ2v) is 1.00. The van der Waals surface area contributed by atoms with Crippen LogP contribution in [0, 0.1) is 43.2 Å². The van der Waals surface area contributed by atoms with Crippen molar-refractivity contribution in [1.29, 1.82) is 0 Å². The van der Waals surface area contributed by atoms with Crippen LogP contribution in [0.25, 0.3) is 0 Å². The Balaban J connectivity index is -0.00000000763. The minimum atomic E-state index is 0. The van der Waals surface area contributed by atoms with Crippen molar-refractivity contribution in [2.75, 3.05) is 14.2 Å². The Morgan fingerprint density at radius 1 is 0.867 bits per heavy atom. The summed E-state index contributed by atoms with van der Waals surface area (Å²) in [5, 5.41) is 14.0. The van der Waals surface area contributed by atoms with E-state index in [-0.39, 0.29) is 58.9 Å². The Hall–Kier alpha value is 0.114. The molecule has 0 atom stereocenters. The molecule has 1 rings (SSSR count). The molecule has 3 heteroatoms. The predicted molar refractivity (Wildman–Crippen MR) is 69.9 cm³/mol. The molecule has 0 heterocycles. The minimum absolute atomic E-state index is 0. The van der Waals surface area contributed by atoms with E-state index in [1.807, 2.05) is 12.2 Å². The third-order valence-electron chi connectivity index (χ3n) is 0.586. The monoisotopic (exact) mass is 252 g/mol. The molecule has 0 amide bonds. The molecule has 0 aromatic rings. The Morgan fingerprint density at radius 3 is 1.27 bits per heavy atom. The summed E-state index contributed by atoms with van der Waals surface area (Å²) in [5.74, 6) is 0. The third-order valence-corrected chi connectivity index (χ3v) is 0.586. The summed E-state index contributed by atoms with van der Waals surface area (Å²) < 4.78 is 0. The maximum Gasteiger partial charge on any atom is 0.0319 e. The Kier molecular flexibility index (Phi) is 368. The average molecular weight is 252 g/mol. The normalized spacial score (nSPS) is 6.67. The second kappa shape index (κ2) is 92.8. The Morgan fingerprint density at radius 2 is 1.20 bits per heavy atom. The van der Waals surface area contributed by atoms with Crippen molar-refractivity contribution in [3.05, 3.63) is 61.4 Å². The second-order valence-electron chi connectivity index (χ2n) is 1.00. The molecule has 1 aliphatic rings. The summed E-state index contributed by atoms with van der Waals surface area (Å²) in [7, 11) is 2.00. The van der Waals surface area contributed by atoms with Crippen molar-refractivity contribution in [2.24, 2.45) is 0 Å². The van der Waals surface area contributed by atoms with E-state index in [0.717, 1.165) is 20.6 Å². The third kappa shape index (κ3) is 79.2. The van der Waals surface area contributed by atoms with Crippen molar-refractivity contribution >= 4 is 0 Å². The van der Waals surface area contributed by atoms with Gasteiger partial charge in [0.05, 0.1) is 0 Å². The van der Waals surface area contributed by atoms with Gasteiger partial charge in [-0.15, -0.1) is 6.42 Å². The van der Waals surface area contributed by atoms with Gasteiger partial charge < -0.3 is 47.3 Å². The topological polar surface area (TPSA) is 40.5 Å². The van der Waals surface area contributed by atoms with Crippen LogP contribution >= 0.6 is 0 Å². The molecule has 98 valence electrons. The van der Waals surface area contributed by atoms with Gasteiger partial charge in [0, 0.05) is 35.9 Å². The van der Waals surface area contributed by atoms with E-state index in [0.29, 0.717) is 0 Å². The van der Waals surface area contributed by atoms with E-state index in [9.17, 15) is 0 Å². The summed E-state index contributed by atoms with van der Waals surface area (Å²) in [6, 6.07) is 0. The van der Waals surface area contributed by atoms with Gasteiger partial charge in [0.25, 0.3) is 0 Å². The maximum absolute atomic E-state index is 7.00. The summed E-state index contributed by atoms with van der Waals surface area (Å²) in [5.41, 5.74) is 0. The summed E-state index contributed by atoms with van der Waals surface area (Å²) in [6.45, 7) is 0. The number of aliphatic hydroxyl groups excluding tert-OH is 2. The van der Waals surface area contributed by atoms with Crippen molar-refractivity contribution in [3.8, 4) is 0 Å². The van der Waals surface area contributed by atoms with Gasteiger partial charge in [0.2, 0.25) is 0 Å². The summed E-state index contributed by atoms with van der Waals surface area (Å²) >= 11 is 0. The number of aliphatic hydroxyl groups is 2. The molecule has 0 saturated heterocycles. The smallest absolute Gasteiger partial charge is 0.0319 e. The first-order valence-corrected chi connectivity index (χ1v) is 2.61. The van der Waals surface area contributed by atoms with Gasteiger partial charge in [-0.25, -0.2) is 12.2 Å². The molecule has 0 spiro atoms. The zero-order valence-electron chi connectivity index (χ0n) is 11.3. The van der Waals surface area contributed by atoms with Crippen molar-refractivity contribution in [1.82, 2.24) is 0 Å². The molecule has 2 N–H and O–H groups in total. The van der Waals surface area contributed by atoms with Gasteiger partial charge in [0.15, 0.2) is 0 Å². The molecule has 0 saturated carbocycles. The van der Waals surface area contributed by atoms with E-state index >= 15 is 0 Å². The first-order valence-electron chi connectivity index (χ1n) is 2.61. The molecular weight excluding hydrogens is 224 g/mol. The molecule has 15 heavy (non-hydrogen) atoms. The van der Waals surface area contributed by atoms with E-state index in [1.54, 1.807) is 0 Å². The molecular formula is C12H28O2Ti-6. The molecule has 0 unspecified atom stereocenters. The number of hydrogen-bond acceptors (Lipinski definition) is 2. The van der Waals surface area contributed by atoms with Crippen LogP contribution in [0.1, 0.15) is 6.42 Å². The number of allylic oxidation sites excluding steroid dienone is 4. The fourth-order valence-electron chi connectivity index (χ4n) is 0.340. The maximum atomic E-state index is 7.00. The van der Waals surface area contributed by atoms with E-state index < -0.39 is 0 Å². The van der Waals surface area contributed by atoms with Crippen LogP contribution in [-0.2, 0) is 21.7 Å². The van der Waals surface area contributed by atoms with Gasteiger partial charge in [-0.1, -0.05) is 0 Å². The van der Waals surface area contributed by atoms with Crippen molar-refractivity contribution in [3.63, 3.8) is 0 Å². The summed E-state index contributed by atoms with van der Waals surface area (Å²) in [4.78, 5) is 0. The van der Waals surface area contributed by atoms with Crippen LogP contribution in [0.3, 0.4) is 0 Å². The van der Waals surface area contributed by atoms with E-state index in [1.165, 1.54) is 0 Å². The Bertz CT molecular complexity index is 71.7. The molecule has 0 radical (unpaired) electrons. The van der Waals surface area contributed by atoms with Crippen molar-refractivity contribution < 1.29 is 31.9 Å². The van der Waals surface area contributed by atoms with Crippen molar-refractivity contribution in [2.45, 2.75) is 6.42 Å². The predicted octanol–water partition coefficient (Wildman–Crippen LogP) is 2.77. The van der Waals surface area contributed by atoms with Crippen LogP contribution in [0.2, 0.25) is 0 Å². The molecule has 0 aromatic carbocycles. The molecule has 0 bridgehead atoms. The van der Waals surface area contributed by atoms with E-state index in [4.69, 9.17) is 10.2 Å². The fourth-order valence-corrected chi connectivity index (χ4v) is 0.340. The first kappa shape index (κ1) is 59.5. The first-order chi connectivity index (χ1) is 4.50. The van der Waals surface area contributed by atoms with Crippen LogP contribution < -0.4 is 0 Å². The van der Waals surface area contributed by atoms with Gasteiger partial charge in [-0.05, 0) is 0 Å². The standard InChI is InChI=1S/C5H5.2CH4O.5CH3.Ti/c1-2-4-5-3-1;2*1-2;;;;;;/h1-3H,4H2;2*2H,1H3;5*1H3;/q-1;;;5*-1;. The number of rotatable bonds is 0. The number of hydrogen-bond donors (Lipinski definition) is 2. The zero-order chi connectivity index (χ0) is 7.54. The SMILES string of the molecule is CO.CO.[C-]1=CC=CC1.[CH3-].[CH3-].[CH3-].[CH3-].[CH3-].[Ti]. The quantitative estimate of drug-likeness (QED) is 0.514. The van der Waals surface area contributed by atoms with Crippen LogP contribution in [0.4, 0.5) is 0 Å². The largest absolute Gasteiger partial charge is 0.400 e. The Labute approximate surface area is 114 Å². The van der Waals surface area contributed by atoms with Gasteiger partial charge >= 0.3 is 0 Å². The molecule has 0 aliphatic heterocycles. The van der Waals surface area contributed by atoms with Crippen LogP contribution in [-0.4, -0.2) is 24.4 Å². The summed E-state index contributed by atoms with van der Waals surface area (Å²) in [6.07, 6.45) is 10.0. The van der Waals surface area contributed by atoms with Gasteiger partial charge in [-0.2, -0.15) is 6.08 Å². The van der Waals surface area contributed by atoms with Gasteiger partial charge in [-0.3, -0.25) is 6.08 Å². The van der Waals surface area contributed by atoms with Crippen LogP contribution in [0.15, 0.2) is 18.2 Å². The molecule has 2 nitrogen and oxygen atoms in total. The molecule has 1 aliphatic carbocycles. The fraction of sp³-hybridized carbons (Fsp3) is 0.250. The molecule has 0 fully saturated rings. The van der Waals surface area contributed by atoms with Gasteiger partial charge in [0.1, 0.15) is 0 Å².